The fourth-order valence-electron chi connectivity index (χ4n) is 1.46. The van der Waals surface area contributed by atoms with E-state index >= 15 is 0 Å². The monoisotopic (exact) mass is 253 g/mol. The van der Waals surface area contributed by atoms with Gasteiger partial charge in [0.25, 0.3) is 0 Å². The van der Waals surface area contributed by atoms with E-state index in [1.807, 2.05) is 19.1 Å². The molecule has 1 aliphatic rings. The highest BCUT2D eigenvalue weighted by molar-refractivity contribution is 8.00. The first-order valence-electron chi connectivity index (χ1n) is 5.47. The van der Waals surface area contributed by atoms with Crippen LogP contribution in [0.4, 0.5) is 4.79 Å². The van der Waals surface area contributed by atoms with Crippen LogP contribution >= 0.6 is 11.8 Å². The second kappa shape index (κ2) is 5.93. The van der Waals surface area contributed by atoms with Crippen molar-refractivity contribution in [3.05, 3.63) is 29.8 Å². The molecule has 1 unspecified atom stereocenters. The third-order valence-corrected chi connectivity index (χ3v) is 3.55. The fraction of sp³-hybridized carbons (Fsp3) is 0.417. The fourth-order valence-corrected chi connectivity index (χ4v) is 2.33. The topological polar surface area (TPSA) is 47.6 Å². The number of ether oxygens (including phenoxy) is 2. The number of carbonyl (C=O) groups is 1. The van der Waals surface area contributed by atoms with Gasteiger partial charge in [-0.05, 0) is 19.1 Å². The number of thioether (sulfide) groups is 1. The zero-order valence-corrected chi connectivity index (χ0v) is 10.5. The smallest absolute Gasteiger partial charge is 0.433 e. The summed E-state index contributed by atoms with van der Waals surface area (Å²) < 4.78 is 10.1. The molecular weight excluding hydrogens is 238 g/mol. The van der Waals surface area contributed by atoms with E-state index in [0.29, 0.717) is 17.6 Å². The van der Waals surface area contributed by atoms with Crippen LogP contribution in [0.1, 0.15) is 5.56 Å². The summed E-state index contributed by atoms with van der Waals surface area (Å²) in [6, 6.07) is 7.28. The maximum atomic E-state index is 11.4. The average Bonchev–Trinajstić information content (AvgIpc) is 2.83. The van der Waals surface area contributed by atoms with Crippen molar-refractivity contribution in [3.8, 4) is 5.75 Å². The standard InChI is InChI=1S/C12H15NO3S/c1-9-2-4-10(5-3-9)16-12(14)15-7-11-6-13-8-17-11/h2-5,11,13H,6-8H2,1H3. The number of rotatable bonds is 3. The van der Waals surface area contributed by atoms with E-state index in [2.05, 4.69) is 5.32 Å². The largest absolute Gasteiger partial charge is 0.513 e. The van der Waals surface area contributed by atoms with Crippen molar-refractivity contribution in [1.82, 2.24) is 5.32 Å². The predicted octanol–water partition coefficient (Wildman–Crippen LogP) is 2.17. The van der Waals surface area contributed by atoms with Crippen LogP contribution in [0.15, 0.2) is 24.3 Å². The Morgan fingerprint density at radius 2 is 2.24 bits per heavy atom. The lowest BCUT2D eigenvalue weighted by Crippen LogP contribution is -2.21. The Kier molecular flexibility index (Phi) is 4.28. The third-order valence-electron chi connectivity index (χ3n) is 2.40. The molecule has 0 saturated carbocycles. The molecule has 2 rings (SSSR count). The van der Waals surface area contributed by atoms with Crippen LogP contribution in [0.25, 0.3) is 0 Å². The van der Waals surface area contributed by atoms with E-state index in [9.17, 15) is 4.79 Å². The minimum absolute atomic E-state index is 0.334. The molecule has 1 N–H and O–H groups in total. The number of benzene rings is 1. The highest BCUT2D eigenvalue weighted by Gasteiger charge is 2.17. The van der Waals surface area contributed by atoms with Gasteiger partial charge in [0.1, 0.15) is 12.4 Å². The van der Waals surface area contributed by atoms with Crippen LogP contribution in [0.2, 0.25) is 0 Å². The Hall–Kier alpha value is -1.20. The first kappa shape index (κ1) is 12.3. The van der Waals surface area contributed by atoms with Crippen LogP contribution < -0.4 is 10.1 Å². The van der Waals surface area contributed by atoms with Crippen molar-refractivity contribution in [3.63, 3.8) is 0 Å². The molecular formula is C12H15NO3S. The van der Waals surface area contributed by atoms with Gasteiger partial charge in [-0.3, -0.25) is 0 Å². The van der Waals surface area contributed by atoms with Crippen LogP contribution in [0.3, 0.4) is 0 Å². The molecule has 4 nitrogen and oxygen atoms in total. The van der Waals surface area contributed by atoms with Gasteiger partial charge < -0.3 is 14.8 Å². The number of hydrogen-bond acceptors (Lipinski definition) is 5. The van der Waals surface area contributed by atoms with Crippen LogP contribution in [-0.4, -0.2) is 30.4 Å². The Balaban J connectivity index is 1.74. The molecule has 0 radical (unpaired) electrons. The Labute approximate surface area is 105 Å². The highest BCUT2D eigenvalue weighted by atomic mass is 32.2. The average molecular weight is 253 g/mol. The number of aryl methyl sites for hydroxylation is 1. The van der Waals surface area contributed by atoms with Gasteiger partial charge >= 0.3 is 6.16 Å². The first-order valence-corrected chi connectivity index (χ1v) is 6.52. The van der Waals surface area contributed by atoms with Gasteiger partial charge in [0.15, 0.2) is 0 Å². The molecule has 1 heterocycles. The first-order chi connectivity index (χ1) is 8.24. The molecule has 1 aromatic carbocycles. The quantitative estimate of drug-likeness (QED) is 0.661. The third kappa shape index (κ3) is 3.94. The maximum absolute atomic E-state index is 11.4. The van der Waals surface area contributed by atoms with E-state index in [0.717, 1.165) is 18.0 Å². The molecule has 17 heavy (non-hydrogen) atoms. The SMILES string of the molecule is Cc1ccc(OC(=O)OCC2CNCS2)cc1. The molecule has 5 heteroatoms. The normalized spacial score (nSPS) is 19.0. The van der Waals surface area contributed by atoms with Crippen molar-refractivity contribution in [1.29, 1.82) is 0 Å². The lowest BCUT2D eigenvalue weighted by atomic mass is 10.2. The summed E-state index contributed by atoms with van der Waals surface area (Å²) in [5.74, 6) is 1.43. The van der Waals surface area contributed by atoms with Crippen molar-refractivity contribution < 1.29 is 14.3 Å². The minimum atomic E-state index is -0.638. The second-order valence-electron chi connectivity index (χ2n) is 3.86. The van der Waals surface area contributed by atoms with E-state index in [1.165, 1.54) is 0 Å². The van der Waals surface area contributed by atoms with E-state index in [-0.39, 0.29) is 0 Å². The van der Waals surface area contributed by atoms with Crippen molar-refractivity contribution in [2.24, 2.45) is 0 Å². The van der Waals surface area contributed by atoms with E-state index < -0.39 is 6.16 Å². The van der Waals surface area contributed by atoms with Crippen molar-refractivity contribution in [2.45, 2.75) is 12.2 Å². The summed E-state index contributed by atoms with van der Waals surface area (Å²) in [4.78, 5) is 11.4. The molecule has 0 amide bonds. The molecule has 0 aromatic heterocycles. The maximum Gasteiger partial charge on any atom is 0.513 e. The van der Waals surface area contributed by atoms with Crippen LogP contribution in [-0.2, 0) is 4.74 Å². The number of nitrogens with one attached hydrogen (secondary N) is 1. The molecule has 1 aliphatic heterocycles. The molecule has 0 spiro atoms. The van der Waals surface area contributed by atoms with Crippen LogP contribution in [0.5, 0.6) is 5.75 Å². The van der Waals surface area contributed by atoms with Gasteiger partial charge in [-0.1, -0.05) is 17.7 Å². The van der Waals surface area contributed by atoms with Crippen LogP contribution in [0, 0.1) is 6.92 Å². The van der Waals surface area contributed by atoms with Gasteiger partial charge in [0.05, 0.1) is 5.25 Å². The molecule has 1 aromatic rings. The Morgan fingerprint density at radius 3 is 2.88 bits per heavy atom. The zero-order valence-electron chi connectivity index (χ0n) is 9.64. The number of hydrogen-bond donors (Lipinski definition) is 1. The lowest BCUT2D eigenvalue weighted by molar-refractivity contribution is 0.0998. The van der Waals surface area contributed by atoms with Gasteiger partial charge in [-0.25, -0.2) is 4.79 Å². The molecule has 92 valence electrons. The summed E-state index contributed by atoms with van der Waals surface area (Å²) >= 11 is 1.75. The van der Waals surface area contributed by atoms with Gasteiger partial charge in [0.2, 0.25) is 0 Å². The van der Waals surface area contributed by atoms with Gasteiger partial charge in [0, 0.05) is 12.4 Å². The van der Waals surface area contributed by atoms with Crippen molar-refractivity contribution >= 4 is 17.9 Å². The van der Waals surface area contributed by atoms with E-state index in [4.69, 9.17) is 9.47 Å². The highest BCUT2D eigenvalue weighted by Crippen LogP contribution is 2.16. The van der Waals surface area contributed by atoms with Gasteiger partial charge in [-0.15, -0.1) is 11.8 Å². The Bertz CT molecular complexity index is 374. The summed E-state index contributed by atoms with van der Waals surface area (Å²) in [6.07, 6.45) is -0.638. The molecule has 1 atom stereocenters. The lowest BCUT2D eigenvalue weighted by Gasteiger charge is -2.09. The van der Waals surface area contributed by atoms with Crippen molar-refractivity contribution in [2.75, 3.05) is 19.0 Å². The Morgan fingerprint density at radius 1 is 1.47 bits per heavy atom. The molecule has 0 aliphatic carbocycles. The molecule has 1 saturated heterocycles. The summed E-state index contributed by atoms with van der Waals surface area (Å²) in [5.41, 5.74) is 1.12. The summed E-state index contributed by atoms with van der Waals surface area (Å²) in [5, 5.41) is 3.52. The summed E-state index contributed by atoms with van der Waals surface area (Å²) in [7, 11) is 0. The summed E-state index contributed by atoms with van der Waals surface area (Å²) in [6.45, 7) is 3.25. The second-order valence-corrected chi connectivity index (χ2v) is 5.15. The predicted molar refractivity (Wildman–Crippen MR) is 67.4 cm³/mol. The van der Waals surface area contributed by atoms with Gasteiger partial charge in [-0.2, -0.15) is 0 Å². The van der Waals surface area contributed by atoms with E-state index in [1.54, 1.807) is 23.9 Å². The number of carbonyl (C=O) groups excluding carboxylic acids is 1. The zero-order chi connectivity index (χ0) is 12.1. The molecule has 1 fully saturated rings. The molecule has 0 bridgehead atoms. The minimum Gasteiger partial charge on any atom is -0.433 e.